The van der Waals surface area contributed by atoms with Gasteiger partial charge in [-0.05, 0) is 19.1 Å². The summed E-state index contributed by atoms with van der Waals surface area (Å²) < 4.78 is 38.0. The maximum atomic E-state index is 12.8. The minimum absolute atomic E-state index is 0.576. The molecule has 0 saturated carbocycles. The molecule has 1 rings (SSSR count). The van der Waals surface area contributed by atoms with Gasteiger partial charge in [-0.15, -0.1) is 0 Å². The Bertz CT molecular complexity index is 291. The lowest BCUT2D eigenvalue weighted by Gasteiger charge is -2.11. The van der Waals surface area contributed by atoms with Gasteiger partial charge in [0.05, 0.1) is 5.56 Å². The fourth-order valence-corrected chi connectivity index (χ4v) is 1.12. The fraction of sp³-hybridized carbons (Fsp3) is 0.250. The van der Waals surface area contributed by atoms with Crippen LogP contribution in [-0.4, -0.2) is 0 Å². The number of benzene rings is 1. The summed E-state index contributed by atoms with van der Waals surface area (Å²) in [6, 6.07) is 3.64. The van der Waals surface area contributed by atoms with Crippen molar-refractivity contribution in [3.63, 3.8) is 0 Å². The first-order valence-electron chi connectivity index (χ1n) is 3.34. The maximum Gasteiger partial charge on any atom is 0.286 e. The normalized spacial score (nSPS) is 11.8. The molecule has 0 fully saturated rings. The van der Waals surface area contributed by atoms with E-state index in [0.29, 0.717) is 5.56 Å². The summed E-state index contributed by atoms with van der Waals surface area (Å²) >= 11 is 0. The zero-order valence-electron chi connectivity index (χ0n) is 6.44. The fourth-order valence-electron chi connectivity index (χ4n) is 0.895. The number of halogens is 3. The van der Waals surface area contributed by atoms with E-state index in [-0.39, 0.29) is 0 Å². The van der Waals surface area contributed by atoms with Crippen LogP contribution < -0.4 is 0 Å². The molecule has 1 atom stereocenters. The first kappa shape index (κ1) is 9.53. The van der Waals surface area contributed by atoms with Gasteiger partial charge in [0.15, 0.2) is 0 Å². The van der Waals surface area contributed by atoms with Crippen LogP contribution in [0.3, 0.4) is 0 Å². The van der Waals surface area contributed by atoms with Crippen molar-refractivity contribution < 1.29 is 13.2 Å². The maximum absolute atomic E-state index is 12.8. The highest BCUT2D eigenvalue weighted by Gasteiger charge is 2.27. The summed E-state index contributed by atoms with van der Waals surface area (Å²) in [5, 5.41) is 0. The van der Waals surface area contributed by atoms with Crippen molar-refractivity contribution >= 4 is 9.24 Å². The molecule has 0 heterocycles. The van der Waals surface area contributed by atoms with Crippen LogP contribution in [0.2, 0.25) is 0 Å². The average Bonchev–Trinajstić information content (AvgIpc) is 1.92. The van der Waals surface area contributed by atoms with Crippen molar-refractivity contribution in [2.75, 3.05) is 0 Å². The molecule has 0 N–H and O–H groups in total. The molecule has 0 radical (unpaired) electrons. The molecule has 0 nitrogen and oxygen atoms in total. The summed E-state index contributed by atoms with van der Waals surface area (Å²) in [5.74, 6) is -0.874. The molecule has 66 valence electrons. The molecule has 0 bridgehead atoms. The molecule has 1 aromatic carbocycles. The Morgan fingerprint density at radius 1 is 1.33 bits per heavy atom. The summed E-state index contributed by atoms with van der Waals surface area (Å²) in [6.45, 7) is 1.64. The zero-order chi connectivity index (χ0) is 9.35. The van der Waals surface area contributed by atoms with Crippen molar-refractivity contribution in [1.29, 1.82) is 0 Å². The van der Waals surface area contributed by atoms with Crippen LogP contribution >= 0.6 is 9.24 Å². The zero-order valence-corrected chi connectivity index (χ0v) is 7.60. The summed E-state index contributed by atoms with van der Waals surface area (Å²) in [4.78, 5) is 0. The van der Waals surface area contributed by atoms with Crippen LogP contribution in [0.1, 0.15) is 11.1 Å². The van der Waals surface area contributed by atoms with Gasteiger partial charge in [0.2, 0.25) is 0 Å². The van der Waals surface area contributed by atoms with Gasteiger partial charge in [0, 0.05) is 0 Å². The lowest BCUT2D eigenvalue weighted by Crippen LogP contribution is -2.05. The molecule has 0 aliphatic rings. The standard InChI is InChI=1S/C8H8F3P/c1-5-2-3-7(9)6(4-5)8(10,11)12/h2-4H,12H2,1H3. The second-order valence-corrected chi connectivity index (χ2v) is 3.33. The van der Waals surface area contributed by atoms with E-state index in [1.54, 1.807) is 6.92 Å². The van der Waals surface area contributed by atoms with Crippen molar-refractivity contribution in [3.8, 4) is 0 Å². The molecule has 1 aromatic rings. The second-order valence-electron chi connectivity index (χ2n) is 2.61. The van der Waals surface area contributed by atoms with Gasteiger partial charge >= 0.3 is 0 Å². The molecule has 12 heavy (non-hydrogen) atoms. The highest BCUT2D eigenvalue weighted by atomic mass is 31.0. The van der Waals surface area contributed by atoms with Crippen LogP contribution in [0.15, 0.2) is 18.2 Å². The summed E-state index contributed by atoms with van der Waals surface area (Å²) in [7, 11) is 1.31. The van der Waals surface area contributed by atoms with E-state index in [2.05, 4.69) is 0 Å². The Labute approximate surface area is 71.0 Å². The summed E-state index contributed by atoms with van der Waals surface area (Å²) in [6.07, 6.45) is 0. The van der Waals surface area contributed by atoms with Crippen LogP contribution in [0.4, 0.5) is 13.2 Å². The third-order valence-corrected chi connectivity index (χ3v) is 1.79. The largest absolute Gasteiger partial charge is 0.286 e. The van der Waals surface area contributed by atoms with Crippen molar-refractivity contribution in [2.24, 2.45) is 0 Å². The van der Waals surface area contributed by atoms with Gasteiger partial charge in [-0.2, -0.15) is 8.78 Å². The number of hydrogen-bond donors (Lipinski definition) is 0. The topological polar surface area (TPSA) is 0 Å². The van der Waals surface area contributed by atoms with Gasteiger partial charge < -0.3 is 0 Å². The van der Waals surface area contributed by atoms with Gasteiger partial charge in [-0.3, -0.25) is 0 Å². The van der Waals surface area contributed by atoms with Crippen LogP contribution in [0, 0.1) is 12.7 Å². The summed E-state index contributed by atoms with van der Waals surface area (Å²) in [5.41, 5.74) is -3.14. The van der Waals surface area contributed by atoms with E-state index < -0.39 is 17.0 Å². The predicted molar refractivity (Wildman–Crippen MR) is 44.7 cm³/mol. The van der Waals surface area contributed by atoms with Crippen LogP contribution in [0.5, 0.6) is 0 Å². The SMILES string of the molecule is Cc1ccc(F)c(C(F)(F)P)c1. The minimum Gasteiger partial charge on any atom is -0.206 e. The quantitative estimate of drug-likeness (QED) is 0.600. The number of aryl methyl sites for hydroxylation is 1. The molecule has 0 spiro atoms. The predicted octanol–water partition coefficient (Wildman–Crippen LogP) is 3.06. The lowest BCUT2D eigenvalue weighted by molar-refractivity contribution is 0.0991. The van der Waals surface area contributed by atoms with E-state index in [4.69, 9.17) is 0 Å². The molecule has 0 saturated heterocycles. The molecule has 0 amide bonds. The Hall–Kier alpha value is -0.560. The Kier molecular flexibility index (Phi) is 2.43. The number of rotatable bonds is 1. The molecule has 0 aliphatic heterocycles. The Morgan fingerprint density at radius 2 is 1.92 bits per heavy atom. The average molecular weight is 192 g/mol. The minimum atomic E-state index is -3.18. The van der Waals surface area contributed by atoms with E-state index >= 15 is 0 Å². The molecular formula is C8H8F3P. The molecule has 1 unspecified atom stereocenters. The van der Waals surface area contributed by atoms with E-state index in [1.807, 2.05) is 0 Å². The lowest BCUT2D eigenvalue weighted by atomic mass is 10.1. The smallest absolute Gasteiger partial charge is 0.206 e. The van der Waals surface area contributed by atoms with Crippen LogP contribution in [0.25, 0.3) is 0 Å². The third kappa shape index (κ3) is 1.98. The first-order valence-corrected chi connectivity index (χ1v) is 3.92. The number of alkyl halides is 2. The van der Waals surface area contributed by atoms with E-state index in [9.17, 15) is 13.2 Å². The van der Waals surface area contributed by atoms with Crippen molar-refractivity contribution in [2.45, 2.75) is 12.6 Å². The van der Waals surface area contributed by atoms with Crippen molar-refractivity contribution in [1.82, 2.24) is 0 Å². The second kappa shape index (κ2) is 3.06. The van der Waals surface area contributed by atoms with Gasteiger partial charge in [0.1, 0.15) is 5.82 Å². The van der Waals surface area contributed by atoms with Gasteiger partial charge in [-0.25, -0.2) is 4.39 Å². The first-order chi connectivity index (χ1) is 5.41. The monoisotopic (exact) mass is 192 g/mol. The van der Waals surface area contributed by atoms with Gasteiger partial charge in [-0.1, -0.05) is 20.9 Å². The molecule has 4 heteroatoms. The molecule has 0 aromatic heterocycles. The highest BCUT2D eigenvalue weighted by molar-refractivity contribution is 7.17. The van der Waals surface area contributed by atoms with Gasteiger partial charge in [0.25, 0.3) is 5.66 Å². The van der Waals surface area contributed by atoms with Crippen LogP contribution in [-0.2, 0) is 5.66 Å². The molecule has 0 aliphatic carbocycles. The van der Waals surface area contributed by atoms with E-state index in [1.165, 1.54) is 15.3 Å². The Balaban J connectivity index is 3.23. The Morgan fingerprint density at radius 3 is 2.33 bits per heavy atom. The third-order valence-electron chi connectivity index (χ3n) is 1.48. The molecular weight excluding hydrogens is 184 g/mol. The number of hydrogen-bond acceptors (Lipinski definition) is 0. The van der Waals surface area contributed by atoms with Crippen molar-refractivity contribution in [3.05, 3.63) is 35.1 Å². The highest BCUT2D eigenvalue weighted by Crippen LogP contribution is 2.36. The van der Waals surface area contributed by atoms with E-state index in [0.717, 1.165) is 12.1 Å².